The molecule has 0 radical (unpaired) electrons. The van der Waals surface area contributed by atoms with Gasteiger partial charge in [0.2, 0.25) is 12.2 Å². The van der Waals surface area contributed by atoms with E-state index in [1.807, 2.05) is 0 Å². The van der Waals surface area contributed by atoms with Gasteiger partial charge in [-0.1, -0.05) is 6.08 Å². The first-order chi connectivity index (χ1) is 7.20. The molecular weight excluding hydrogens is 194 g/mol. The number of primary amides is 1. The molecule has 1 aliphatic rings. The summed E-state index contributed by atoms with van der Waals surface area (Å²) >= 11 is 0. The molecule has 15 heavy (non-hydrogen) atoms. The molecule has 0 fully saturated rings. The Bertz CT molecular complexity index is 414. The van der Waals surface area contributed by atoms with E-state index in [0.29, 0.717) is 23.5 Å². The van der Waals surface area contributed by atoms with Crippen LogP contribution in [0.5, 0.6) is 11.5 Å². The van der Waals surface area contributed by atoms with Gasteiger partial charge in [0, 0.05) is 12.0 Å². The molecule has 0 saturated heterocycles. The molecule has 1 aromatic carbocycles. The molecule has 1 atom stereocenters. The van der Waals surface area contributed by atoms with E-state index in [0.717, 1.165) is 0 Å². The number of carbonyl (C=O) groups excluding carboxylic acids is 1. The summed E-state index contributed by atoms with van der Waals surface area (Å²) in [6.07, 6.45) is 1.96. The second-order valence-corrected chi connectivity index (χ2v) is 3.22. The monoisotopic (exact) mass is 205 g/mol. The van der Waals surface area contributed by atoms with Gasteiger partial charge in [0.15, 0.2) is 11.5 Å². The molecule has 1 amide bonds. The molecule has 0 saturated carbocycles. The number of benzene rings is 1. The number of rotatable bonds is 3. The van der Waals surface area contributed by atoms with Crippen molar-refractivity contribution < 1.29 is 14.3 Å². The topological polar surface area (TPSA) is 61.5 Å². The zero-order valence-electron chi connectivity index (χ0n) is 8.10. The van der Waals surface area contributed by atoms with Crippen molar-refractivity contribution in [3.63, 3.8) is 0 Å². The van der Waals surface area contributed by atoms with Crippen LogP contribution in [0.3, 0.4) is 0 Å². The molecule has 4 heteroatoms. The number of ether oxygens (including phenoxy) is 2. The third-order valence-electron chi connectivity index (χ3n) is 2.10. The van der Waals surface area contributed by atoms with Gasteiger partial charge in [-0.15, -0.1) is 6.58 Å². The van der Waals surface area contributed by atoms with Gasteiger partial charge in [-0.2, -0.15) is 0 Å². The number of amides is 1. The maximum Gasteiger partial charge on any atom is 0.248 e. The van der Waals surface area contributed by atoms with Crippen LogP contribution < -0.4 is 15.2 Å². The highest BCUT2D eigenvalue weighted by Crippen LogP contribution is 2.36. The molecule has 2 rings (SSSR count). The van der Waals surface area contributed by atoms with E-state index in [9.17, 15) is 4.79 Å². The molecule has 2 N–H and O–H groups in total. The Morgan fingerprint density at radius 3 is 2.87 bits per heavy atom. The maximum atomic E-state index is 10.9. The Balaban J connectivity index is 2.23. The van der Waals surface area contributed by atoms with Crippen LogP contribution >= 0.6 is 0 Å². The Morgan fingerprint density at radius 2 is 2.20 bits per heavy atom. The van der Waals surface area contributed by atoms with Crippen LogP contribution in [0.4, 0.5) is 0 Å². The molecule has 4 nitrogen and oxygen atoms in total. The molecule has 1 unspecified atom stereocenters. The Kier molecular flexibility index (Phi) is 2.33. The molecule has 78 valence electrons. The largest absolute Gasteiger partial charge is 0.451 e. The van der Waals surface area contributed by atoms with Gasteiger partial charge in [-0.25, -0.2) is 0 Å². The lowest BCUT2D eigenvalue weighted by Crippen LogP contribution is -2.16. The third-order valence-corrected chi connectivity index (χ3v) is 2.10. The lowest BCUT2D eigenvalue weighted by Gasteiger charge is -2.05. The standard InChI is InChI=1S/C11H11NO3/c1-2-3-10-14-8-5-4-7(11(12)13)6-9(8)15-10/h2,4-6,10H,1,3H2,(H2,12,13). The maximum absolute atomic E-state index is 10.9. The Morgan fingerprint density at radius 1 is 1.47 bits per heavy atom. The number of hydrogen-bond donors (Lipinski definition) is 1. The van der Waals surface area contributed by atoms with Crippen molar-refractivity contribution in [3.05, 3.63) is 36.4 Å². The fraction of sp³-hybridized carbons (Fsp3) is 0.182. The summed E-state index contributed by atoms with van der Waals surface area (Å²) in [5.41, 5.74) is 5.56. The summed E-state index contributed by atoms with van der Waals surface area (Å²) in [6, 6.07) is 4.88. The summed E-state index contributed by atoms with van der Waals surface area (Å²) in [6.45, 7) is 3.60. The predicted octanol–water partition coefficient (Wildman–Crippen LogP) is 1.46. The molecule has 1 aliphatic heterocycles. The van der Waals surface area contributed by atoms with Crippen LogP contribution in [0, 0.1) is 0 Å². The van der Waals surface area contributed by atoms with E-state index < -0.39 is 5.91 Å². The first-order valence-corrected chi connectivity index (χ1v) is 4.59. The second-order valence-electron chi connectivity index (χ2n) is 3.22. The summed E-state index contributed by atoms with van der Waals surface area (Å²) in [5, 5.41) is 0. The number of fused-ring (bicyclic) bond motifs is 1. The highest BCUT2D eigenvalue weighted by molar-refractivity contribution is 5.93. The van der Waals surface area contributed by atoms with Crippen LogP contribution in [0.2, 0.25) is 0 Å². The zero-order valence-corrected chi connectivity index (χ0v) is 8.10. The van der Waals surface area contributed by atoms with E-state index in [4.69, 9.17) is 15.2 Å². The summed E-state index contributed by atoms with van der Waals surface area (Å²) in [4.78, 5) is 10.9. The highest BCUT2D eigenvalue weighted by atomic mass is 16.7. The van der Waals surface area contributed by atoms with E-state index in [-0.39, 0.29) is 6.29 Å². The van der Waals surface area contributed by atoms with Gasteiger partial charge in [-0.05, 0) is 18.2 Å². The minimum atomic E-state index is -0.478. The third kappa shape index (κ3) is 1.79. The number of carbonyl (C=O) groups is 1. The molecule has 1 aromatic rings. The average Bonchev–Trinajstić information content (AvgIpc) is 2.59. The Labute approximate surface area is 87.3 Å². The summed E-state index contributed by atoms with van der Waals surface area (Å²) < 4.78 is 10.9. The number of hydrogen-bond acceptors (Lipinski definition) is 3. The van der Waals surface area contributed by atoms with Gasteiger partial charge in [-0.3, -0.25) is 4.79 Å². The molecule has 0 aliphatic carbocycles. The van der Waals surface area contributed by atoms with Gasteiger partial charge >= 0.3 is 0 Å². The van der Waals surface area contributed by atoms with Crippen molar-refractivity contribution in [1.29, 1.82) is 0 Å². The van der Waals surface area contributed by atoms with Crippen molar-refractivity contribution in [2.75, 3.05) is 0 Å². The van der Waals surface area contributed by atoms with Crippen molar-refractivity contribution in [2.45, 2.75) is 12.7 Å². The predicted molar refractivity (Wildman–Crippen MR) is 54.8 cm³/mol. The fourth-order valence-electron chi connectivity index (χ4n) is 1.39. The van der Waals surface area contributed by atoms with E-state index >= 15 is 0 Å². The Hall–Kier alpha value is -1.97. The van der Waals surface area contributed by atoms with Crippen molar-refractivity contribution in [3.8, 4) is 11.5 Å². The van der Waals surface area contributed by atoms with Gasteiger partial charge in [0.05, 0.1) is 0 Å². The quantitative estimate of drug-likeness (QED) is 0.760. The van der Waals surface area contributed by atoms with Crippen LogP contribution in [-0.4, -0.2) is 12.2 Å². The lowest BCUT2D eigenvalue weighted by molar-refractivity contribution is 0.0527. The first kappa shape index (κ1) is 9.58. The first-order valence-electron chi connectivity index (χ1n) is 4.59. The minimum absolute atomic E-state index is 0.347. The minimum Gasteiger partial charge on any atom is -0.451 e. The smallest absolute Gasteiger partial charge is 0.248 e. The lowest BCUT2D eigenvalue weighted by atomic mass is 10.2. The molecular formula is C11H11NO3. The van der Waals surface area contributed by atoms with Crippen molar-refractivity contribution in [1.82, 2.24) is 0 Å². The van der Waals surface area contributed by atoms with Crippen molar-refractivity contribution >= 4 is 5.91 Å². The normalized spacial score (nSPS) is 17.5. The molecule has 0 spiro atoms. The van der Waals surface area contributed by atoms with E-state index in [1.165, 1.54) is 0 Å². The van der Waals surface area contributed by atoms with Gasteiger partial charge < -0.3 is 15.2 Å². The van der Waals surface area contributed by atoms with E-state index in [1.54, 1.807) is 24.3 Å². The fourth-order valence-corrected chi connectivity index (χ4v) is 1.39. The highest BCUT2D eigenvalue weighted by Gasteiger charge is 2.23. The molecule has 1 heterocycles. The van der Waals surface area contributed by atoms with E-state index in [2.05, 4.69) is 6.58 Å². The van der Waals surface area contributed by atoms with Crippen LogP contribution in [0.1, 0.15) is 16.8 Å². The average molecular weight is 205 g/mol. The van der Waals surface area contributed by atoms with Gasteiger partial charge in [0.25, 0.3) is 0 Å². The summed E-state index contributed by atoms with van der Waals surface area (Å²) in [7, 11) is 0. The van der Waals surface area contributed by atoms with Crippen LogP contribution in [-0.2, 0) is 0 Å². The molecule has 0 aromatic heterocycles. The van der Waals surface area contributed by atoms with Crippen molar-refractivity contribution in [2.24, 2.45) is 5.73 Å². The SMILES string of the molecule is C=CCC1Oc2ccc(C(N)=O)cc2O1. The van der Waals surface area contributed by atoms with Crippen LogP contribution in [0.25, 0.3) is 0 Å². The second kappa shape index (κ2) is 3.65. The van der Waals surface area contributed by atoms with Crippen LogP contribution in [0.15, 0.2) is 30.9 Å². The van der Waals surface area contributed by atoms with Gasteiger partial charge in [0.1, 0.15) is 0 Å². The zero-order chi connectivity index (χ0) is 10.8. The molecule has 0 bridgehead atoms. The number of nitrogens with two attached hydrogens (primary N) is 1. The summed E-state index contributed by atoms with van der Waals surface area (Å²) in [5.74, 6) is 0.707.